The molecule has 5 aliphatic carbocycles. The van der Waals surface area contributed by atoms with Gasteiger partial charge in [-0.1, -0.05) is 0 Å². The van der Waals surface area contributed by atoms with Gasteiger partial charge in [0.2, 0.25) is 0 Å². The molecule has 0 amide bonds. The number of hydrogen-bond acceptors (Lipinski definition) is 5. The molecular formula is C27H41N3O3. The third-order valence-corrected chi connectivity index (χ3v) is 9.83. The quantitative estimate of drug-likeness (QED) is 0.549. The predicted octanol–water partition coefficient (Wildman–Crippen LogP) is 3.47. The zero-order valence-electron chi connectivity index (χ0n) is 20.0. The third kappa shape index (κ3) is 3.91. The molecule has 1 saturated heterocycles. The lowest BCUT2D eigenvalue weighted by atomic mass is 9.50. The first-order valence-corrected chi connectivity index (χ1v) is 13.7. The smallest absolute Gasteiger partial charge is 0.197 e. The van der Waals surface area contributed by atoms with Crippen LogP contribution in [-0.4, -0.2) is 57.7 Å². The summed E-state index contributed by atoms with van der Waals surface area (Å²) in [6.07, 6.45) is 12.4. The summed E-state index contributed by atoms with van der Waals surface area (Å²) in [4.78, 5) is 16.2. The number of Topliss-reactive ketones (excluding diaryl/α,β-unsaturated/α-hetero) is 1. The number of piperazine rings is 1. The highest BCUT2D eigenvalue weighted by Crippen LogP contribution is 2.57. The number of nitrogens with zero attached hydrogens (tertiary/aromatic N) is 2. The monoisotopic (exact) mass is 455 g/mol. The highest BCUT2D eigenvalue weighted by atomic mass is 16.3. The van der Waals surface area contributed by atoms with Crippen LogP contribution in [0.3, 0.4) is 0 Å². The van der Waals surface area contributed by atoms with Crippen molar-refractivity contribution in [2.75, 3.05) is 26.2 Å². The van der Waals surface area contributed by atoms with E-state index in [9.17, 15) is 15.0 Å². The van der Waals surface area contributed by atoms with Crippen LogP contribution >= 0.6 is 0 Å². The van der Waals surface area contributed by atoms with Crippen LogP contribution in [-0.2, 0) is 24.2 Å². The Hall–Kier alpha value is -1.53. The second-order valence-electron chi connectivity index (χ2n) is 11.8. The van der Waals surface area contributed by atoms with Gasteiger partial charge in [0.1, 0.15) is 0 Å². The van der Waals surface area contributed by atoms with Gasteiger partial charge in [0.05, 0.1) is 6.04 Å². The number of aromatic hydroxyl groups is 2. The van der Waals surface area contributed by atoms with E-state index in [-0.39, 0.29) is 17.8 Å². The first-order chi connectivity index (χ1) is 16.1. The molecule has 1 aromatic rings. The topological polar surface area (TPSA) is 77.7 Å². The Morgan fingerprint density at radius 3 is 2.12 bits per heavy atom. The van der Waals surface area contributed by atoms with Crippen molar-refractivity contribution in [3.05, 3.63) is 11.1 Å². The zero-order chi connectivity index (χ0) is 22.5. The summed E-state index contributed by atoms with van der Waals surface area (Å²) in [6, 6.07) is 0.0296. The van der Waals surface area contributed by atoms with Gasteiger partial charge in [-0.3, -0.25) is 14.3 Å². The number of nitrogens with one attached hydrogen (secondary N) is 1. The molecule has 0 radical (unpaired) electrons. The molecule has 0 spiro atoms. The lowest BCUT2D eigenvalue weighted by Crippen LogP contribution is -2.59. The van der Waals surface area contributed by atoms with Crippen molar-refractivity contribution < 1.29 is 15.0 Å². The minimum atomic E-state index is 0.0296. The molecule has 7 rings (SSSR count). The maximum atomic E-state index is 13.8. The molecule has 1 aromatic heterocycles. The van der Waals surface area contributed by atoms with Crippen molar-refractivity contribution in [2.45, 2.75) is 83.2 Å². The van der Waals surface area contributed by atoms with Gasteiger partial charge in [0.25, 0.3) is 0 Å². The molecule has 5 fully saturated rings. The van der Waals surface area contributed by atoms with E-state index in [2.05, 4.69) is 10.2 Å². The molecule has 4 saturated carbocycles. The number of fused-ring (bicyclic) bond motifs is 1. The largest absolute Gasteiger partial charge is 0.494 e. The van der Waals surface area contributed by atoms with E-state index >= 15 is 0 Å². The molecule has 1 unspecified atom stereocenters. The van der Waals surface area contributed by atoms with E-state index in [1.807, 2.05) is 0 Å². The van der Waals surface area contributed by atoms with E-state index < -0.39 is 0 Å². The highest BCUT2D eigenvalue weighted by Gasteiger charge is 2.52. The number of hydrogen-bond donors (Lipinski definition) is 3. The molecule has 1 aliphatic heterocycles. The standard InChI is InChI=1S/C27H41N3O3/c31-25(24-19-12-17-11-18(14-19)15-20(24)13-17)23-16-28-7-10-29(23)8-3-4-9-30-26(32)21-5-1-2-6-22(21)27(30)33/h17-20,23-24,28,32-33H,1-16H2. The third-order valence-electron chi connectivity index (χ3n) is 9.83. The fraction of sp³-hybridized carbons (Fsp3) is 0.815. The maximum absolute atomic E-state index is 13.8. The summed E-state index contributed by atoms with van der Waals surface area (Å²) in [5.41, 5.74) is 1.92. The van der Waals surface area contributed by atoms with Crippen LogP contribution in [0.1, 0.15) is 68.9 Å². The lowest BCUT2D eigenvalue weighted by Gasteiger charge is -2.55. The molecule has 6 heteroatoms. The van der Waals surface area contributed by atoms with Gasteiger partial charge in [0, 0.05) is 43.2 Å². The van der Waals surface area contributed by atoms with Gasteiger partial charge in [-0.05, 0) is 101 Å². The molecule has 1 atom stereocenters. The number of carbonyl (C=O) groups is 1. The highest BCUT2D eigenvalue weighted by molar-refractivity contribution is 5.87. The summed E-state index contributed by atoms with van der Waals surface area (Å²) in [5.74, 6) is 4.52. The van der Waals surface area contributed by atoms with Gasteiger partial charge in [0.15, 0.2) is 17.5 Å². The average Bonchev–Trinajstić information content (AvgIpc) is 3.06. The fourth-order valence-electron chi connectivity index (χ4n) is 8.53. The Bertz CT molecular complexity index is 836. The summed E-state index contributed by atoms with van der Waals surface area (Å²) < 4.78 is 1.71. The Balaban J connectivity index is 1.06. The van der Waals surface area contributed by atoms with Crippen LogP contribution in [0.15, 0.2) is 0 Å². The van der Waals surface area contributed by atoms with Crippen molar-refractivity contribution >= 4 is 5.78 Å². The zero-order valence-corrected chi connectivity index (χ0v) is 20.0. The lowest BCUT2D eigenvalue weighted by molar-refractivity contribution is -0.142. The van der Waals surface area contributed by atoms with Crippen molar-refractivity contribution in [1.29, 1.82) is 0 Å². The van der Waals surface area contributed by atoms with E-state index in [0.29, 0.717) is 30.1 Å². The normalized spacial score (nSPS) is 35.6. The van der Waals surface area contributed by atoms with Crippen LogP contribution in [0.5, 0.6) is 11.8 Å². The molecule has 6 nitrogen and oxygen atoms in total. The first-order valence-electron chi connectivity index (χ1n) is 13.7. The number of ketones is 1. The van der Waals surface area contributed by atoms with Gasteiger partial charge in [-0.2, -0.15) is 0 Å². The van der Waals surface area contributed by atoms with Crippen LogP contribution in [0, 0.1) is 29.6 Å². The summed E-state index contributed by atoms with van der Waals surface area (Å²) in [5, 5.41) is 24.7. The summed E-state index contributed by atoms with van der Waals surface area (Å²) in [7, 11) is 0. The molecule has 2 heterocycles. The molecular weight excluding hydrogens is 414 g/mol. The SMILES string of the molecule is O=C(C1C2CC3CC(C2)CC1C3)C1CNCCN1CCCCn1c(O)c2c(c1O)CCCC2. The number of carbonyl (C=O) groups excluding carboxylic acids is 1. The molecule has 4 bridgehead atoms. The molecule has 6 aliphatic rings. The van der Waals surface area contributed by atoms with Gasteiger partial charge >= 0.3 is 0 Å². The second-order valence-corrected chi connectivity index (χ2v) is 11.8. The van der Waals surface area contributed by atoms with Crippen molar-refractivity contribution in [3.8, 4) is 11.8 Å². The minimum absolute atomic E-state index is 0.0296. The van der Waals surface area contributed by atoms with E-state index in [0.717, 1.165) is 87.7 Å². The van der Waals surface area contributed by atoms with E-state index in [1.54, 1.807) is 4.57 Å². The first kappa shape index (κ1) is 22.0. The van der Waals surface area contributed by atoms with Crippen molar-refractivity contribution in [3.63, 3.8) is 0 Å². The summed E-state index contributed by atoms with van der Waals surface area (Å²) in [6.45, 7) is 4.27. The van der Waals surface area contributed by atoms with E-state index in [1.165, 1.54) is 32.1 Å². The van der Waals surface area contributed by atoms with Crippen LogP contribution in [0.4, 0.5) is 0 Å². The molecule has 182 valence electrons. The Kier molecular flexibility index (Phi) is 5.94. The Labute approximate surface area is 197 Å². The second kappa shape index (κ2) is 8.92. The average molecular weight is 456 g/mol. The molecule has 0 aromatic carbocycles. The van der Waals surface area contributed by atoms with Crippen molar-refractivity contribution in [2.24, 2.45) is 29.6 Å². The Morgan fingerprint density at radius 1 is 0.879 bits per heavy atom. The number of aromatic nitrogens is 1. The molecule has 33 heavy (non-hydrogen) atoms. The van der Waals surface area contributed by atoms with Crippen molar-refractivity contribution in [1.82, 2.24) is 14.8 Å². The Morgan fingerprint density at radius 2 is 1.48 bits per heavy atom. The maximum Gasteiger partial charge on any atom is 0.197 e. The molecule has 3 N–H and O–H groups in total. The van der Waals surface area contributed by atoms with Crippen LogP contribution < -0.4 is 5.32 Å². The van der Waals surface area contributed by atoms with Crippen LogP contribution in [0.2, 0.25) is 0 Å². The van der Waals surface area contributed by atoms with Gasteiger partial charge in [-0.15, -0.1) is 0 Å². The van der Waals surface area contributed by atoms with Gasteiger partial charge < -0.3 is 15.5 Å². The van der Waals surface area contributed by atoms with Gasteiger partial charge in [-0.25, -0.2) is 0 Å². The minimum Gasteiger partial charge on any atom is -0.494 e. The predicted molar refractivity (Wildman–Crippen MR) is 127 cm³/mol. The number of rotatable bonds is 7. The summed E-state index contributed by atoms with van der Waals surface area (Å²) >= 11 is 0. The van der Waals surface area contributed by atoms with E-state index in [4.69, 9.17) is 0 Å². The number of unbranched alkanes of at least 4 members (excludes halogenated alkanes) is 1. The van der Waals surface area contributed by atoms with Crippen LogP contribution in [0.25, 0.3) is 0 Å². The fourth-order valence-corrected chi connectivity index (χ4v) is 8.53.